The van der Waals surface area contributed by atoms with E-state index < -0.39 is 12.0 Å². The Morgan fingerprint density at radius 3 is 2.44 bits per heavy atom. The summed E-state index contributed by atoms with van der Waals surface area (Å²) in [5.41, 5.74) is 4.37. The second-order valence-electron chi connectivity index (χ2n) is 6.72. The van der Waals surface area contributed by atoms with E-state index in [1.54, 1.807) is 6.92 Å². The number of carboxylic acids is 1. The van der Waals surface area contributed by atoms with E-state index in [4.69, 9.17) is 4.84 Å². The molecule has 2 N–H and O–H groups in total. The van der Waals surface area contributed by atoms with Crippen LogP contribution in [0, 0.1) is 0 Å². The molecule has 0 bridgehead atoms. The zero-order valence-corrected chi connectivity index (χ0v) is 15.8. The van der Waals surface area contributed by atoms with Crippen LogP contribution >= 0.6 is 0 Å². The molecule has 0 spiro atoms. The Bertz CT molecular complexity index is 662. The normalized spacial score (nSPS) is 15.9. The van der Waals surface area contributed by atoms with Crippen molar-refractivity contribution in [1.29, 1.82) is 0 Å². The third kappa shape index (κ3) is 6.36. The van der Waals surface area contributed by atoms with Crippen LogP contribution in [-0.2, 0) is 32.2 Å². The van der Waals surface area contributed by atoms with Crippen molar-refractivity contribution in [3.05, 3.63) is 35.4 Å². The fourth-order valence-electron chi connectivity index (χ4n) is 3.27. The van der Waals surface area contributed by atoms with Gasteiger partial charge in [0.05, 0.1) is 6.61 Å². The van der Waals surface area contributed by atoms with Crippen molar-refractivity contribution < 1.29 is 24.3 Å². The van der Waals surface area contributed by atoms with Gasteiger partial charge in [-0.25, -0.2) is 10.3 Å². The summed E-state index contributed by atoms with van der Waals surface area (Å²) < 4.78 is 0. The van der Waals surface area contributed by atoms with Gasteiger partial charge >= 0.3 is 5.97 Å². The van der Waals surface area contributed by atoms with Crippen LogP contribution in [0.2, 0.25) is 0 Å². The van der Waals surface area contributed by atoms with Crippen molar-refractivity contribution in [2.45, 2.75) is 64.5 Å². The lowest BCUT2D eigenvalue weighted by molar-refractivity contribution is -0.151. The minimum atomic E-state index is -0.960. The van der Waals surface area contributed by atoms with Gasteiger partial charge in [0.15, 0.2) is 0 Å². The van der Waals surface area contributed by atoms with E-state index in [0.717, 1.165) is 30.4 Å². The molecule has 7 heteroatoms. The number of benzene rings is 1. The first-order valence-corrected chi connectivity index (χ1v) is 9.52. The molecule has 0 radical (unpaired) electrons. The number of amides is 2. The van der Waals surface area contributed by atoms with Gasteiger partial charge in [-0.15, -0.1) is 0 Å². The Morgan fingerprint density at radius 1 is 1.11 bits per heavy atom. The topological polar surface area (TPSA) is 95.9 Å². The van der Waals surface area contributed by atoms with Gasteiger partial charge in [0.25, 0.3) is 0 Å². The largest absolute Gasteiger partial charge is 0.480 e. The van der Waals surface area contributed by atoms with Gasteiger partial charge in [-0.3, -0.25) is 14.4 Å². The highest BCUT2D eigenvalue weighted by molar-refractivity contribution is 5.84. The monoisotopic (exact) mass is 376 g/mol. The van der Waals surface area contributed by atoms with Gasteiger partial charge in [0, 0.05) is 25.8 Å². The number of hydrogen-bond acceptors (Lipinski definition) is 4. The molecule has 1 heterocycles. The number of rotatable bonds is 10. The van der Waals surface area contributed by atoms with Crippen molar-refractivity contribution in [1.82, 2.24) is 10.4 Å². The Hall–Kier alpha value is -2.41. The molecule has 0 aliphatic carbocycles. The number of unbranched alkanes of at least 4 members (excludes halogenated alkanes) is 3. The van der Waals surface area contributed by atoms with E-state index >= 15 is 0 Å². The molecular weight excluding hydrogens is 348 g/mol. The van der Waals surface area contributed by atoms with Crippen LogP contribution in [0.5, 0.6) is 0 Å². The van der Waals surface area contributed by atoms with Crippen LogP contribution in [0.4, 0.5) is 0 Å². The van der Waals surface area contributed by atoms with Crippen molar-refractivity contribution in [2.75, 3.05) is 6.61 Å². The molecule has 0 saturated carbocycles. The van der Waals surface area contributed by atoms with E-state index in [1.807, 2.05) is 24.3 Å². The van der Waals surface area contributed by atoms with Crippen LogP contribution in [0.1, 0.15) is 56.6 Å². The number of carbonyl (C=O) groups excluding carboxylic acids is 2. The van der Waals surface area contributed by atoms with Crippen LogP contribution in [0.25, 0.3) is 0 Å². The van der Waals surface area contributed by atoms with Gasteiger partial charge in [0.2, 0.25) is 11.8 Å². The Labute approximate surface area is 159 Å². The Morgan fingerprint density at radius 2 is 1.78 bits per heavy atom. The summed E-state index contributed by atoms with van der Waals surface area (Å²) >= 11 is 0. The van der Waals surface area contributed by atoms with E-state index in [0.29, 0.717) is 38.8 Å². The fourth-order valence-corrected chi connectivity index (χ4v) is 3.27. The number of hydroxylamine groups is 1. The summed E-state index contributed by atoms with van der Waals surface area (Å²) in [5.74, 6) is -1.21. The van der Waals surface area contributed by atoms with E-state index in [1.165, 1.54) is 4.90 Å². The molecule has 7 nitrogen and oxygen atoms in total. The number of carboxylic acid groups (broad SMARTS) is 1. The second kappa shape index (κ2) is 10.7. The molecule has 0 aromatic heterocycles. The molecule has 1 aromatic carbocycles. The molecule has 1 aromatic rings. The highest BCUT2D eigenvalue weighted by Crippen LogP contribution is 2.24. The van der Waals surface area contributed by atoms with Gasteiger partial charge in [-0.05, 0) is 30.9 Å². The summed E-state index contributed by atoms with van der Waals surface area (Å²) in [7, 11) is 0. The first kappa shape index (κ1) is 20.9. The van der Waals surface area contributed by atoms with Gasteiger partial charge in [-0.1, -0.05) is 37.1 Å². The summed E-state index contributed by atoms with van der Waals surface area (Å²) in [6, 6.07) is 6.87. The standard InChI is InChI=1S/C20H28N2O5/c1-2-27-21-18(23)11-5-3-4-6-12-19(24)22-14-16-10-8-7-9-15(16)13-17(22)20(25)26/h7-10,17H,2-6,11-14H2,1H3,(H,21,23)(H,25,26)/t17-/m0/s1. The lowest BCUT2D eigenvalue weighted by atomic mass is 9.93. The molecule has 0 saturated heterocycles. The van der Waals surface area contributed by atoms with Crippen molar-refractivity contribution >= 4 is 17.8 Å². The number of aliphatic carboxylic acids is 1. The number of carbonyl (C=O) groups is 3. The maximum absolute atomic E-state index is 12.6. The van der Waals surface area contributed by atoms with E-state index in [2.05, 4.69) is 5.48 Å². The van der Waals surface area contributed by atoms with Crippen molar-refractivity contribution in [3.8, 4) is 0 Å². The van der Waals surface area contributed by atoms with E-state index in [-0.39, 0.29) is 11.8 Å². The predicted molar refractivity (Wildman–Crippen MR) is 99.6 cm³/mol. The maximum atomic E-state index is 12.6. The van der Waals surface area contributed by atoms with Crippen LogP contribution in [0.3, 0.4) is 0 Å². The van der Waals surface area contributed by atoms with Crippen LogP contribution in [0.15, 0.2) is 24.3 Å². The summed E-state index contributed by atoms with van der Waals surface area (Å²) in [6.07, 6.45) is 4.19. The first-order chi connectivity index (χ1) is 13.0. The van der Waals surface area contributed by atoms with Crippen molar-refractivity contribution in [2.24, 2.45) is 0 Å². The average molecular weight is 376 g/mol. The second-order valence-corrected chi connectivity index (χ2v) is 6.72. The third-order valence-electron chi connectivity index (χ3n) is 4.73. The summed E-state index contributed by atoms with van der Waals surface area (Å²) in [5, 5.41) is 9.50. The Kier molecular flexibility index (Phi) is 8.26. The SMILES string of the molecule is CCONC(=O)CCCCCCC(=O)N1Cc2ccccc2C[C@H]1C(=O)O. The Balaban J connectivity index is 1.74. The average Bonchev–Trinajstić information content (AvgIpc) is 2.67. The van der Waals surface area contributed by atoms with E-state index in [9.17, 15) is 19.5 Å². The molecule has 0 unspecified atom stereocenters. The predicted octanol–water partition coefficient (Wildman–Crippen LogP) is 2.43. The first-order valence-electron chi connectivity index (χ1n) is 9.52. The third-order valence-corrected chi connectivity index (χ3v) is 4.73. The molecule has 1 atom stereocenters. The molecule has 0 fully saturated rings. The molecule has 2 rings (SSSR count). The summed E-state index contributed by atoms with van der Waals surface area (Å²) in [6.45, 7) is 2.59. The van der Waals surface area contributed by atoms with Crippen LogP contribution < -0.4 is 5.48 Å². The highest BCUT2D eigenvalue weighted by atomic mass is 16.6. The maximum Gasteiger partial charge on any atom is 0.326 e. The quantitative estimate of drug-likeness (QED) is 0.483. The number of fused-ring (bicyclic) bond motifs is 1. The molecule has 1 aliphatic rings. The number of nitrogens with one attached hydrogen (secondary N) is 1. The zero-order valence-electron chi connectivity index (χ0n) is 15.8. The lowest BCUT2D eigenvalue weighted by Gasteiger charge is -2.34. The smallest absolute Gasteiger partial charge is 0.326 e. The minimum absolute atomic E-state index is 0.119. The molecule has 148 valence electrons. The minimum Gasteiger partial charge on any atom is -0.480 e. The lowest BCUT2D eigenvalue weighted by Crippen LogP contribution is -2.48. The molecular formula is C20H28N2O5. The molecule has 1 aliphatic heterocycles. The van der Waals surface area contributed by atoms with Gasteiger partial charge in [0.1, 0.15) is 6.04 Å². The fraction of sp³-hybridized carbons (Fsp3) is 0.550. The summed E-state index contributed by atoms with van der Waals surface area (Å²) in [4.78, 5) is 41.9. The number of nitrogens with zero attached hydrogens (tertiary/aromatic N) is 1. The highest BCUT2D eigenvalue weighted by Gasteiger charge is 2.33. The zero-order chi connectivity index (χ0) is 19.6. The molecule has 2 amide bonds. The number of hydrogen-bond donors (Lipinski definition) is 2. The molecule has 27 heavy (non-hydrogen) atoms. The van der Waals surface area contributed by atoms with Crippen LogP contribution in [-0.4, -0.2) is 40.4 Å². The van der Waals surface area contributed by atoms with Gasteiger partial charge < -0.3 is 10.0 Å². The van der Waals surface area contributed by atoms with Gasteiger partial charge in [-0.2, -0.15) is 0 Å². The van der Waals surface area contributed by atoms with Crippen molar-refractivity contribution in [3.63, 3.8) is 0 Å².